The first kappa shape index (κ1) is 19.1. The third kappa shape index (κ3) is 4.72. The second-order valence-corrected chi connectivity index (χ2v) is 7.66. The molecule has 0 aromatic carbocycles. The van der Waals surface area contributed by atoms with Crippen LogP contribution in [0.3, 0.4) is 0 Å². The van der Waals surface area contributed by atoms with E-state index in [1.165, 1.54) is 32.1 Å². The van der Waals surface area contributed by atoms with Crippen LogP contribution in [0.5, 0.6) is 0 Å². The summed E-state index contributed by atoms with van der Waals surface area (Å²) in [6, 6.07) is 1.83. The highest BCUT2D eigenvalue weighted by Gasteiger charge is 2.30. The maximum atomic E-state index is 13.0. The number of aromatic nitrogens is 2. The SMILES string of the molecule is CCCC1CCCN(C(C)C(=O)N2CCN(c3ncccn3)CC2)CC1. The van der Waals surface area contributed by atoms with Crippen LogP contribution in [0.1, 0.15) is 46.0 Å². The van der Waals surface area contributed by atoms with Crippen LogP contribution < -0.4 is 4.90 Å². The van der Waals surface area contributed by atoms with E-state index in [4.69, 9.17) is 0 Å². The van der Waals surface area contributed by atoms with Gasteiger partial charge in [-0.1, -0.05) is 19.8 Å². The van der Waals surface area contributed by atoms with Gasteiger partial charge in [-0.15, -0.1) is 0 Å². The monoisotopic (exact) mass is 359 g/mol. The van der Waals surface area contributed by atoms with Crippen molar-refractivity contribution in [1.82, 2.24) is 19.8 Å². The number of rotatable bonds is 5. The number of hydrogen-bond donors (Lipinski definition) is 0. The lowest BCUT2D eigenvalue weighted by Crippen LogP contribution is -2.54. The molecule has 3 heterocycles. The fraction of sp³-hybridized carbons (Fsp3) is 0.750. The van der Waals surface area contributed by atoms with E-state index in [0.717, 1.165) is 51.1 Å². The van der Waals surface area contributed by atoms with Gasteiger partial charge in [0.05, 0.1) is 6.04 Å². The summed E-state index contributed by atoms with van der Waals surface area (Å²) in [5.41, 5.74) is 0. The van der Waals surface area contributed by atoms with Crippen LogP contribution in [0, 0.1) is 5.92 Å². The number of carbonyl (C=O) groups is 1. The fourth-order valence-electron chi connectivity index (χ4n) is 4.27. The van der Waals surface area contributed by atoms with Gasteiger partial charge in [0, 0.05) is 38.6 Å². The van der Waals surface area contributed by atoms with Gasteiger partial charge in [-0.3, -0.25) is 9.69 Å². The number of anilines is 1. The van der Waals surface area contributed by atoms with Gasteiger partial charge in [0.2, 0.25) is 11.9 Å². The molecule has 2 aliphatic heterocycles. The maximum absolute atomic E-state index is 13.0. The highest BCUT2D eigenvalue weighted by Crippen LogP contribution is 2.23. The van der Waals surface area contributed by atoms with Crippen molar-refractivity contribution in [2.75, 3.05) is 44.2 Å². The van der Waals surface area contributed by atoms with Crippen molar-refractivity contribution >= 4 is 11.9 Å². The Morgan fingerprint density at radius 3 is 2.54 bits per heavy atom. The van der Waals surface area contributed by atoms with Crippen LogP contribution in [0.15, 0.2) is 18.5 Å². The lowest BCUT2D eigenvalue weighted by molar-refractivity contribution is -0.136. The van der Waals surface area contributed by atoms with Gasteiger partial charge in [0.25, 0.3) is 0 Å². The Bertz CT molecular complexity index is 559. The fourth-order valence-corrected chi connectivity index (χ4v) is 4.27. The Balaban J connectivity index is 1.50. The van der Waals surface area contributed by atoms with Gasteiger partial charge in [-0.05, 0) is 51.3 Å². The van der Waals surface area contributed by atoms with Crippen molar-refractivity contribution in [3.8, 4) is 0 Å². The van der Waals surface area contributed by atoms with Gasteiger partial charge in [-0.2, -0.15) is 0 Å². The molecule has 2 aliphatic rings. The summed E-state index contributed by atoms with van der Waals surface area (Å²) in [6.45, 7) is 9.62. The Morgan fingerprint density at radius 2 is 1.85 bits per heavy atom. The average molecular weight is 360 g/mol. The minimum Gasteiger partial charge on any atom is -0.338 e. The molecule has 0 bridgehead atoms. The predicted molar refractivity (Wildman–Crippen MR) is 104 cm³/mol. The summed E-state index contributed by atoms with van der Waals surface area (Å²) in [5, 5.41) is 0. The topological polar surface area (TPSA) is 52.6 Å². The summed E-state index contributed by atoms with van der Waals surface area (Å²) < 4.78 is 0. The quantitative estimate of drug-likeness (QED) is 0.808. The first-order valence-corrected chi connectivity index (χ1v) is 10.2. The van der Waals surface area contributed by atoms with Crippen molar-refractivity contribution < 1.29 is 4.79 Å². The first-order chi connectivity index (χ1) is 12.7. The van der Waals surface area contributed by atoms with E-state index in [0.29, 0.717) is 0 Å². The number of likely N-dealkylation sites (tertiary alicyclic amines) is 1. The highest BCUT2D eigenvalue weighted by molar-refractivity contribution is 5.81. The van der Waals surface area contributed by atoms with Crippen LogP contribution >= 0.6 is 0 Å². The molecule has 6 nitrogen and oxygen atoms in total. The Hall–Kier alpha value is -1.69. The molecule has 2 fully saturated rings. The summed E-state index contributed by atoms with van der Waals surface area (Å²) in [7, 11) is 0. The lowest BCUT2D eigenvalue weighted by Gasteiger charge is -2.38. The standard InChI is InChI=1S/C20H33N5O/c1-3-6-18-7-4-11-23(12-8-18)17(2)19(26)24-13-15-25(16-14-24)20-21-9-5-10-22-20/h5,9-10,17-18H,3-4,6-8,11-16H2,1-2H3. The highest BCUT2D eigenvalue weighted by atomic mass is 16.2. The molecule has 3 rings (SSSR count). The molecule has 1 aromatic heterocycles. The van der Waals surface area contributed by atoms with Gasteiger partial charge in [-0.25, -0.2) is 9.97 Å². The molecule has 2 unspecified atom stereocenters. The smallest absolute Gasteiger partial charge is 0.239 e. The lowest BCUT2D eigenvalue weighted by atomic mass is 9.96. The third-order valence-electron chi connectivity index (χ3n) is 5.91. The maximum Gasteiger partial charge on any atom is 0.239 e. The average Bonchev–Trinajstić information content (AvgIpc) is 2.94. The second-order valence-electron chi connectivity index (χ2n) is 7.66. The van der Waals surface area contributed by atoms with Gasteiger partial charge in [0.1, 0.15) is 0 Å². The van der Waals surface area contributed by atoms with Crippen LogP contribution in [-0.2, 0) is 4.79 Å². The van der Waals surface area contributed by atoms with E-state index in [9.17, 15) is 4.79 Å². The summed E-state index contributed by atoms with van der Waals surface area (Å²) in [4.78, 5) is 28.2. The molecule has 0 radical (unpaired) electrons. The minimum absolute atomic E-state index is 0.00472. The molecule has 144 valence electrons. The van der Waals surface area contributed by atoms with E-state index >= 15 is 0 Å². The Kier molecular flexibility index (Phi) is 6.83. The number of carbonyl (C=O) groups excluding carboxylic acids is 1. The molecule has 0 spiro atoms. The zero-order chi connectivity index (χ0) is 18.4. The zero-order valence-electron chi connectivity index (χ0n) is 16.3. The number of nitrogens with zero attached hydrogens (tertiary/aromatic N) is 5. The molecule has 6 heteroatoms. The summed E-state index contributed by atoms with van der Waals surface area (Å²) in [5.74, 6) is 1.90. The van der Waals surface area contributed by atoms with Crippen LogP contribution in [-0.4, -0.2) is 71.0 Å². The molecule has 1 aromatic rings. The molecule has 2 atom stereocenters. The van der Waals surface area contributed by atoms with Crippen molar-refractivity contribution in [3.63, 3.8) is 0 Å². The molecular weight excluding hydrogens is 326 g/mol. The van der Waals surface area contributed by atoms with Crippen molar-refractivity contribution in [2.24, 2.45) is 5.92 Å². The third-order valence-corrected chi connectivity index (χ3v) is 5.91. The van der Waals surface area contributed by atoms with Crippen LogP contribution in [0.25, 0.3) is 0 Å². The number of hydrogen-bond acceptors (Lipinski definition) is 5. The molecule has 2 saturated heterocycles. The van der Waals surface area contributed by atoms with Crippen molar-refractivity contribution in [2.45, 2.75) is 52.0 Å². The van der Waals surface area contributed by atoms with Crippen molar-refractivity contribution in [1.29, 1.82) is 0 Å². The molecule has 0 saturated carbocycles. The van der Waals surface area contributed by atoms with Crippen LogP contribution in [0.2, 0.25) is 0 Å². The second kappa shape index (κ2) is 9.31. The minimum atomic E-state index is -0.00472. The van der Waals surface area contributed by atoms with E-state index in [1.54, 1.807) is 12.4 Å². The summed E-state index contributed by atoms with van der Waals surface area (Å²) >= 11 is 0. The normalized spacial score (nSPS) is 23.5. The van der Waals surface area contributed by atoms with Crippen LogP contribution in [0.4, 0.5) is 5.95 Å². The van der Waals surface area contributed by atoms with Crippen molar-refractivity contribution in [3.05, 3.63) is 18.5 Å². The van der Waals surface area contributed by atoms with E-state index < -0.39 is 0 Å². The molecule has 0 aliphatic carbocycles. The molecule has 1 amide bonds. The van der Waals surface area contributed by atoms with Gasteiger partial charge >= 0.3 is 0 Å². The first-order valence-electron chi connectivity index (χ1n) is 10.2. The predicted octanol–water partition coefficient (Wildman–Crippen LogP) is 2.42. The molecule has 26 heavy (non-hydrogen) atoms. The molecule has 0 N–H and O–H groups in total. The zero-order valence-corrected chi connectivity index (χ0v) is 16.3. The number of amides is 1. The van der Waals surface area contributed by atoms with E-state index in [1.807, 2.05) is 11.0 Å². The van der Waals surface area contributed by atoms with E-state index in [2.05, 4.69) is 33.6 Å². The summed E-state index contributed by atoms with van der Waals surface area (Å²) in [6.07, 6.45) is 9.93. The van der Waals surface area contributed by atoms with E-state index in [-0.39, 0.29) is 11.9 Å². The van der Waals surface area contributed by atoms with Gasteiger partial charge in [0.15, 0.2) is 0 Å². The largest absolute Gasteiger partial charge is 0.338 e. The van der Waals surface area contributed by atoms with Gasteiger partial charge < -0.3 is 9.80 Å². The number of piperazine rings is 1. The Labute approximate surface area is 157 Å². The molecular formula is C20H33N5O. The Morgan fingerprint density at radius 1 is 1.12 bits per heavy atom.